The number of rotatable bonds is 15. The molecule has 7 N–H and O–H groups in total. The minimum atomic E-state index is -1.69. The number of imide groups is 1. The number of benzene rings is 4. The zero-order chi connectivity index (χ0) is 51.6. The van der Waals surface area contributed by atoms with Crippen molar-refractivity contribution in [3.63, 3.8) is 0 Å². The smallest absolute Gasteiger partial charge is 0.253 e. The Kier molecular flexibility index (Phi) is 13.8. The van der Waals surface area contributed by atoms with E-state index in [1.807, 2.05) is 12.1 Å². The summed E-state index contributed by atoms with van der Waals surface area (Å²) in [5, 5.41) is 37.2. The monoisotopic (exact) mass is 1040 g/mol. The molecule has 8 bridgehead atoms. The maximum atomic E-state index is 16.9. The highest BCUT2D eigenvalue weighted by molar-refractivity contribution is 8.76. The number of phenolic OH excluding ortho intramolecular Hbond substituents is 3. The third-order valence-corrected chi connectivity index (χ3v) is 14.6. The van der Waals surface area contributed by atoms with E-state index in [9.17, 15) is 29.7 Å². The van der Waals surface area contributed by atoms with Gasteiger partial charge in [-0.1, -0.05) is 58.0 Å². The van der Waals surface area contributed by atoms with Crippen LogP contribution in [0, 0.1) is 23.3 Å². The van der Waals surface area contributed by atoms with Gasteiger partial charge in [0.2, 0.25) is 5.91 Å². The first-order valence-corrected chi connectivity index (χ1v) is 25.5. The number of nitrogens with one attached hydrogen (secondary N) is 4. The molecule has 0 aliphatic carbocycles. The fraction of sp³-hybridized carbons (Fsp3) is 0.109. The summed E-state index contributed by atoms with van der Waals surface area (Å²) in [6, 6.07) is 26.2. The fourth-order valence-corrected chi connectivity index (χ4v) is 10.7. The average molecular weight is 1040 g/mol. The molecule has 3 aromatic heterocycles. The Hall–Kier alpha value is -8.55. The molecule has 0 spiro atoms. The number of hydrogen-bond donors (Lipinski definition) is 7. The Balaban J connectivity index is 1.05. The van der Waals surface area contributed by atoms with Gasteiger partial charge in [0.25, 0.3) is 11.8 Å². The van der Waals surface area contributed by atoms with Crippen LogP contribution in [0.1, 0.15) is 29.2 Å². The Morgan fingerprint density at radius 3 is 1.36 bits per heavy atom. The van der Waals surface area contributed by atoms with Gasteiger partial charge < -0.3 is 35.9 Å². The molecule has 3 aliphatic rings. The van der Waals surface area contributed by atoms with Crippen molar-refractivity contribution in [3.8, 4) is 61.8 Å². The van der Waals surface area contributed by atoms with E-state index in [2.05, 4.69) is 20.6 Å². The topological polar surface area (TPSA) is 197 Å². The van der Waals surface area contributed by atoms with E-state index in [1.54, 1.807) is 72.8 Å². The number of anilines is 1. The predicted octanol–water partition coefficient (Wildman–Crippen LogP) is 11.2. The Morgan fingerprint density at radius 2 is 0.932 bits per heavy atom. The predicted molar refractivity (Wildman–Crippen MR) is 282 cm³/mol. The van der Waals surface area contributed by atoms with Crippen molar-refractivity contribution in [2.24, 2.45) is 0 Å². The van der Waals surface area contributed by atoms with E-state index in [0.717, 1.165) is 17.1 Å². The third kappa shape index (κ3) is 9.86. The van der Waals surface area contributed by atoms with Crippen LogP contribution in [0.4, 0.5) is 23.2 Å². The summed E-state index contributed by atoms with van der Waals surface area (Å²) in [6.07, 6.45) is 8.84. The van der Waals surface area contributed by atoms with Crippen molar-refractivity contribution >= 4 is 91.4 Å². The molecule has 6 heterocycles. The molecule has 3 amide bonds. The molecular formula is C55H41F4N7O6S2. The number of amides is 3. The fourth-order valence-electron chi connectivity index (χ4n) is 8.89. The normalized spacial score (nSPS) is 12.8. The Labute approximate surface area is 426 Å². The van der Waals surface area contributed by atoms with Gasteiger partial charge >= 0.3 is 0 Å². The van der Waals surface area contributed by atoms with Gasteiger partial charge in [-0.15, -0.1) is 0 Å². The second-order valence-electron chi connectivity index (χ2n) is 17.0. The van der Waals surface area contributed by atoms with Crippen LogP contribution in [-0.2, 0) is 14.4 Å². The summed E-state index contributed by atoms with van der Waals surface area (Å²) in [5.74, 6) is -7.45. The first-order chi connectivity index (χ1) is 35.8. The number of aromatic hydroxyl groups is 3. The molecule has 19 heteroatoms. The summed E-state index contributed by atoms with van der Waals surface area (Å²) in [4.78, 5) is 53.3. The highest BCUT2D eigenvalue weighted by Crippen LogP contribution is 2.42. The van der Waals surface area contributed by atoms with Crippen LogP contribution >= 0.6 is 21.6 Å². The zero-order valence-corrected chi connectivity index (χ0v) is 40.3. The van der Waals surface area contributed by atoms with Gasteiger partial charge in [0.1, 0.15) is 22.9 Å². The number of carbonyl (C=O) groups is 3. The minimum Gasteiger partial charge on any atom is -0.508 e. The highest BCUT2D eigenvalue weighted by atomic mass is 33.1. The molecule has 0 saturated heterocycles. The number of H-pyrrole nitrogens is 2. The first kappa shape index (κ1) is 49.0. The molecule has 7 aromatic rings. The third-order valence-electron chi connectivity index (χ3n) is 12.2. The number of fused-ring (bicyclic) bond motifs is 8. The summed E-state index contributed by atoms with van der Waals surface area (Å²) >= 11 is 0. The average Bonchev–Trinajstić information content (AvgIpc) is 4.26. The van der Waals surface area contributed by atoms with Gasteiger partial charge in [-0.3, -0.25) is 19.3 Å². The van der Waals surface area contributed by atoms with E-state index >= 15 is 17.6 Å². The zero-order valence-electron chi connectivity index (χ0n) is 38.7. The van der Waals surface area contributed by atoms with Gasteiger partial charge in [-0.2, -0.15) is 0 Å². The van der Waals surface area contributed by atoms with Crippen LogP contribution in [0.2, 0.25) is 0 Å². The number of hydrogen-bond acceptors (Lipinski definition) is 11. The molecule has 74 heavy (non-hydrogen) atoms. The number of phenols is 3. The van der Waals surface area contributed by atoms with Crippen LogP contribution in [0.15, 0.2) is 109 Å². The van der Waals surface area contributed by atoms with E-state index < -0.39 is 46.3 Å². The van der Waals surface area contributed by atoms with Crippen molar-refractivity contribution < 1.29 is 47.3 Å². The first-order valence-electron chi connectivity index (χ1n) is 23.0. The van der Waals surface area contributed by atoms with Gasteiger partial charge in [0.15, 0.2) is 23.3 Å². The number of nitrogens with zero attached hydrogens (tertiary/aromatic N) is 3. The maximum Gasteiger partial charge on any atom is 0.253 e. The molecule has 3 aliphatic heterocycles. The molecule has 0 radical (unpaired) electrons. The van der Waals surface area contributed by atoms with Crippen LogP contribution in [0.5, 0.6) is 17.2 Å². The standard InChI is InChI=1S/C55H41F4N7O6S2/c56-51-50(52(57)54(59)55(53(51)58)61-22-25-74-73-24-21-60-43(70)20-23-66-44(71)18-19-45(66)72)49-41-16-14-39(64-41)47(30-5-2-8-33(68)27-30)37-12-10-35(62-37)46(29-4-1-7-32(67)26-29)36-11-13-38(63-36)48(40-15-17-42(49)65-40)31-6-3-9-34(69)28-31/h1-19,26-28,61-62,65,67-69H,20-25H2,(H,60,70). The number of aromatic amines is 2. The molecule has 4 aromatic carbocycles. The van der Waals surface area contributed by atoms with Crippen LogP contribution in [-0.4, -0.2) is 89.0 Å². The Bertz CT molecular complexity index is 3630. The van der Waals surface area contributed by atoms with Crippen molar-refractivity contribution in [1.82, 2.24) is 30.2 Å². The lowest BCUT2D eigenvalue weighted by atomic mass is 10.0. The molecule has 0 unspecified atom stereocenters. The van der Waals surface area contributed by atoms with E-state index in [1.165, 1.54) is 58.0 Å². The quantitative estimate of drug-likeness (QED) is 0.0170. The van der Waals surface area contributed by atoms with Crippen LogP contribution in [0.25, 0.3) is 90.9 Å². The van der Waals surface area contributed by atoms with Crippen LogP contribution < -0.4 is 10.6 Å². The molecular weight excluding hydrogens is 995 g/mol. The highest BCUT2D eigenvalue weighted by Gasteiger charge is 2.30. The van der Waals surface area contributed by atoms with Crippen molar-refractivity contribution in [1.29, 1.82) is 0 Å². The van der Waals surface area contributed by atoms with Gasteiger partial charge in [0, 0.05) is 94.0 Å². The van der Waals surface area contributed by atoms with Crippen molar-refractivity contribution in [2.45, 2.75) is 6.42 Å². The molecule has 0 saturated carbocycles. The summed E-state index contributed by atoms with van der Waals surface area (Å²) < 4.78 is 66.5. The largest absolute Gasteiger partial charge is 0.508 e. The summed E-state index contributed by atoms with van der Waals surface area (Å²) in [6.45, 7) is 0.113. The van der Waals surface area contributed by atoms with Gasteiger partial charge in [0.05, 0.1) is 28.3 Å². The molecule has 13 nitrogen and oxygen atoms in total. The molecule has 0 atom stereocenters. The SMILES string of the molecule is O=C(CCN1C(=O)C=CC1=O)NCCSSCCNc1c(F)c(F)c(-c2c3nc(c(-c4cccc(O)c4)c4ccc([nH]4)c(-c4cccc(O)c4)c4nc(c(-c5cccc(O)c5)c5ccc2[nH]5)C=C4)C=C3)c(F)c1F. The molecule has 10 rings (SSSR count). The molecule has 372 valence electrons. The van der Waals surface area contributed by atoms with Crippen LogP contribution in [0.3, 0.4) is 0 Å². The summed E-state index contributed by atoms with van der Waals surface area (Å²) in [7, 11) is 2.63. The minimum absolute atomic E-state index is 0.0188. The lowest BCUT2D eigenvalue weighted by Gasteiger charge is -2.14. The van der Waals surface area contributed by atoms with E-state index in [0.29, 0.717) is 67.1 Å². The number of aromatic nitrogens is 4. The van der Waals surface area contributed by atoms with Crippen molar-refractivity contribution in [3.05, 3.63) is 155 Å². The van der Waals surface area contributed by atoms with Gasteiger partial charge in [-0.05, 0) is 102 Å². The van der Waals surface area contributed by atoms with E-state index in [-0.39, 0.29) is 77.4 Å². The second kappa shape index (κ2) is 20.9. The lowest BCUT2D eigenvalue weighted by molar-refractivity contribution is -0.137. The second-order valence-corrected chi connectivity index (χ2v) is 19.7. The number of carbonyl (C=O) groups excluding carboxylic acids is 3. The summed E-state index contributed by atoms with van der Waals surface area (Å²) in [5.41, 5.74) is 3.30. The number of halogens is 4. The van der Waals surface area contributed by atoms with E-state index in [4.69, 9.17) is 9.97 Å². The Morgan fingerprint density at radius 1 is 0.527 bits per heavy atom. The molecule has 0 fully saturated rings. The maximum absolute atomic E-state index is 16.9. The van der Waals surface area contributed by atoms with Gasteiger partial charge in [-0.25, -0.2) is 27.5 Å². The van der Waals surface area contributed by atoms with Crippen molar-refractivity contribution in [2.75, 3.05) is 36.5 Å². The lowest BCUT2D eigenvalue weighted by Crippen LogP contribution is -2.35.